The number of amides is 2. The summed E-state index contributed by atoms with van der Waals surface area (Å²) in [6, 6.07) is 13.9. The molecule has 2 aromatic rings. The molecule has 1 saturated carbocycles. The molecule has 3 aliphatic rings. The topological polar surface area (TPSA) is 40.6 Å². The molecule has 5 rings (SSSR count). The van der Waals surface area contributed by atoms with Gasteiger partial charge in [0, 0.05) is 28.8 Å². The number of hydrogen-bond donors (Lipinski definition) is 0. The molecule has 1 saturated heterocycles. The lowest BCUT2D eigenvalue weighted by Crippen LogP contribution is -2.51. The van der Waals surface area contributed by atoms with Gasteiger partial charge >= 0.3 is 0 Å². The van der Waals surface area contributed by atoms with Gasteiger partial charge in [-0.15, -0.1) is 11.8 Å². The van der Waals surface area contributed by atoms with Gasteiger partial charge in [-0.2, -0.15) is 0 Å². The van der Waals surface area contributed by atoms with Gasteiger partial charge in [-0.25, -0.2) is 0 Å². The van der Waals surface area contributed by atoms with Gasteiger partial charge in [0.25, 0.3) is 5.91 Å². The van der Waals surface area contributed by atoms with Crippen molar-refractivity contribution in [3.05, 3.63) is 64.2 Å². The minimum Gasteiger partial charge on any atom is -0.315 e. The Morgan fingerprint density at radius 2 is 1.90 bits per heavy atom. The number of halogens is 1. The van der Waals surface area contributed by atoms with Crippen molar-refractivity contribution in [1.82, 2.24) is 4.90 Å². The number of anilines is 1. The molecule has 0 N–H and O–H groups in total. The molecular weight excluding hydrogens is 416 g/mol. The second kappa shape index (κ2) is 7.61. The molecular formula is C24H25ClN2O2S. The van der Waals surface area contributed by atoms with Crippen molar-refractivity contribution in [3.8, 4) is 0 Å². The van der Waals surface area contributed by atoms with E-state index in [1.807, 2.05) is 28.0 Å². The Labute approximate surface area is 186 Å². The first-order chi connectivity index (χ1) is 14.5. The van der Waals surface area contributed by atoms with E-state index >= 15 is 0 Å². The van der Waals surface area contributed by atoms with Crippen LogP contribution >= 0.6 is 23.4 Å². The predicted octanol–water partition coefficient (Wildman–Crippen LogP) is 5.11. The largest absolute Gasteiger partial charge is 0.315 e. The van der Waals surface area contributed by atoms with Crippen LogP contribution in [0.3, 0.4) is 0 Å². The summed E-state index contributed by atoms with van der Waals surface area (Å²) in [6.07, 6.45) is 4.06. The summed E-state index contributed by atoms with van der Waals surface area (Å²) in [7, 11) is 0. The van der Waals surface area contributed by atoms with Crippen LogP contribution < -0.4 is 4.90 Å². The molecule has 2 fully saturated rings. The Hall–Kier alpha value is -1.98. The van der Waals surface area contributed by atoms with Crippen LogP contribution in [0.25, 0.3) is 0 Å². The van der Waals surface area contributed by atoms with E-state index in [4.69, 9.17) is 11.6 Å². The van der Waals surface area contributed by atoms with Crippen molar-refractivity contribution in [2.75, 3.05) is 17.2 Å². The van der Waals surface area contributed by atoms with Gasteiger partial charge in [-0.3, -0.25) is 9.59 Å². The standard InChI is InChI=1S/C24H25ClN2O2S/c1-16-6-8-17(9-7-16)15-26-21-11-10-19(25)14-20(21)24(23(26)29)27(12-13-30-24)22(28)18-4-2-3-5-18/h6-11,14,18H,2-5,12-13,15H2,1H3. The Morgan fingerprint density at radius 3 is 2.63 bits per heavy atom. The molecule has 2 aliphatic heterocycles. The zero-order valence-corrected chi connectivity index (χ0v) is 18.6. The van der Waals surface area contributed by atoms with Gasteiger partial charge in [-0.1, -0.05) is 54.3 Å². The number of nitrogens with zero attached hydrogens (tertiary/aromatic N) is 2. The smallest absolute Gasteiger partial charge is 0.268 e. The number of thioether (sulfide) groups is 1. The number of hydrogen-bond acceptors (Lipinski definition) is 3. The highest BCUT2D eigenvalue weighted by molar-refractivity contribution is 8.01. The third kappa shape index (κ3) is 3.05. The Morgan fingerprint density at radius 1 is 1.17 bits per heavy atom. The number of carbonyl (C=O) groups excluding carboxylic acids is 2. The molecule has 156 valence electrons. The highest BCUT2D eigenvalue weighted by Gasteiger charge is 2.60. The summed E-state index contributed by atoms with van der Waals surface area (Å²) in [6.45, 7) is 3.15. The maximum absolute atomic E-state index is 14.0. The summed E-state index contributed by atoms with van der Waals surface area (Å²) in [4.78, 5) is 30.1. The van der Waals surface area contributed by atoms with Crippen LogP contribution in [0.2, 0.25) is 5.02 Å². The second-order valence-corrected chi connectivity index (χ2v) is 10.2. The van der Waals surface area contributed by atoms with Crippen LogP contribution in [0, 0.1) is 12.8 Å². The Kier molecular flexibility index (Phi) is 5.06. The van der Waals surface area contributed by atoms with E-state index in [0.717, 1.165) is 48.3 Å². The molecule has 1 unspecified atom stereocenters. The minimum absolute atomic E-state index is 0.0193. The van der Waals surface area contributed by atoms with Crippen LogP contribution in [-0.4, -0.2) is 29.0 Å². The maximum atomic E-state index is 14.0. The molecule has 30 heavy (non-hydrogen) atoms. The van der Waals surface area contributed by atoms with Crippen molar-refractivity contribution < 1.29 is 9.59 Å². The second-order valence-electron chi connectivity index (χ2n) is 8.50. The zero-order valence-electron chi connectivity index (χ0n) is 17.1. The van der Waals surface area contributed by atoms with Crippen molar-refractivity contribution >= 4 is 40.9 Å². The summed E-state index contributed by atoms with van der Waals surface area (Å²) >= 11 is 7.95. The van der Waals surface area contributed by atoms with Crippen LogP contribution in [0.4, 0.5) is 5.69 Å². The molecule has 2 aromatic carbocycles. The lowest BCUT2D eigenvalue weighted by molar-refractivity contribution is -0.143. The van der Waals surface area contributed by atoms with E-state index in [1.165, 1.54) is 5.56 Å². The molecule has 6 heteroatoms. The van der Waals surface area contributed by atoms with Gasteiger partial charge in [-0.05, 0) is 43.5 Å². The molecule has 2 amide bonds. The van der Waals surface area contributed by atoms with E-state index in [-0.39, 0.29) is 17.7 Å². The monoisotopic (exact) mass is 440 g/mol. The number of fused-ring (bicyclic) bond motifs is 2. The van der Waals surface area contributed by atoms with Crippen LogP contribution in [-0.2, 0) is 21.0 Å². The fourth-order valence-corrected chi connectivity index (χ4v) is 6.67. The summed E-state index contributed by atoms with van der Waals surface area (Å²) < 4.78 is 0. The minimum atomic E-state index is -0.982. The quantitative estimate of drug-likeness (QED) is 0.665. The summed E-state index contributed by atoms with van der Waals surface area (Å²) in [5.74, 6) is 0.916. The van der Waals surface area contributed by atoms with Gasteiger partial charge in [0.1, 0.15) is 0 Å². The van der Waals surface area contributed by atoms with E-state index in [9.17, 15) is 9.59 Å². The first kappa shape index (κ1) is 20.0. The van der Waals surface area contributed by atoms with Gasteiger partial charge in [0.05, 0.1) is 12.2 Å². The van der Waals surface area contributed by atoms with Crippen LogP contribution in [0.15, 0.2) is 42.5 Å². The van der Waals surface area contributed by atoms with Crippen molar-refractivity contribution in [1.29, 1.82) is 0 Å². The highest BCUT2D eigenvalue weighted by atomic mass is 35.5. The van der Waals surface area contributed by atoms with E-state index in [0.29, 0.717) is 18.1 Å². The van der Waals surface area contributed by atoms with Crippen molar-refractivity contribution in [3.63, 3.8) is 0 Å². The average molecular weight is 441 g/mol. The molecule has 1 aliphatic carbocycles. The molecule has 0 aromatic heterocycles. The molecule has 0 radical (unpaired) electrons. The van der Waals surface area contributed by atoms with Crippen molar-refractivity contribution in [2.45, 2.75) is 44.0 Å². The number of rotatable bonds is 3. The normalized spacial score (nSPS) is 23.6. The number of benzene rings is 2. The summed E-state index contributed by atoms with van der Waals surface area (Å²) in [5, 5.41) is 0.596. The fourth-order valence-electron chi connectivity index (χ4n) is 5.03. The van der Waals surface area contributed by atoms with Crippen LogP contribution in [0.5, 0.6) is 0 Å². The third-order valence-corrected chi connectivity index (χ3v) is 8.24. The summed E-state index contributed by atoms with van der Waals surface area (Å²) in [5.41, 5.74) is 3.99. The Balaban J connectivity index is 1.56. The third-order valence-electron chi connectivity index (χ3n) is 6.59. The van der Waals surface area contributed by atoms with E-state index < -0.39 is 4.87 Å². The zero-order chi connectivity index (χ0) is 20.9. The Bertz CT molecular complexity index is 1000. The molecule has 2 heterocycles. The van der Waals surface area contributed by atoms with E-state index in [2.05, 4.69) is 31.2 Å². The lowest BCUT2D eigenvalue weighted by Gasteiger charge is -2.35. The maximum Gasteiger partial charge on any atom is 0.268 e. The molecule has 1 atom stereocenters. The van der Waals surface area contributed by atoms with E-state index in [1.54, 1.807) is 11.8 Å². The van der Waals surface area contributed by atoms with Gasteiger partial charge in [0.2, 0.25) is 5.91 Å². The SMILES string of the molecule is Cc1ccc(CN2C(=O)C3(SCCN3C(=O)C3CCCC3)c3cc(Cl)ccc32)cc1. The molecule has 0 bridgehead atoms. The molecule has 4 nitrogen and oxygen atoms in total. The van der Waals surface area contributed by atoms with Gasteiger partial charge < -0.3 is 9.80 Å². The van der Waals surface area contributed by atoms with Crippen molar-refractivity contribution in [2.24, 2.45) is 5.92 Å². The van der Waals surface area contributed by atoms with Crippen LogP contribution in [0.1, 0.15) is 42.4 Å². The first-order valence-electron chi connectivity index (χ1n) is 10.6. The highest BCUT2D eigenvalue weighted by Crippen LogP contribution is 2.55. The number of aryl methyl sites for hydroxylation is 1. The molecule has 1 spiro atoms. The fraction of sp³-hybridized carbons (Fsp3) is 0.417. The van der Waals surface area contributed by atoms with Gasteiger partial charge in [0.15, 0.2) is 4.87 Å². The lowest BCUT2D eigenvalue weighted by atomic mass is 10.0. The predicted molar refractivity (Wildman–Crippen MR) is 122 cm³/mol. The average Bonchev–Trinajstić information content (AvgIpc) is 3.47. The number of carbonyl (C=O) groups is 2. The first-order valence-corrected chi connectivity index (χ1v) is 12.0.